The van der Waals surface area contributed by atoms with Crippen LogP contribution < -0.4 is 0 Å². The van der Waals surface area contributed by atoms with Crippen LogP contribution in [0.5, 0.6) is 0 Å². The number of nitrogens with one attached hydrogen (secondary N) is 1. The maximum absolute atomic E-state index is 13.3. The number of likely N-dealkylation sites (tertiary alicyclic amines) is 1. The average molecular weight is 428 g/mol. The van der Waals surface area contributed by atoms with E-state index >= 15 is 0 Å². The van der Waals surface area contributed by atoms with Crippen molar-refractivity contribution in [3.8, 4) is 5.82 Å². The zero-order valence-corrected chi connectivity index (χ0v) is 18.0. The van der Waals surface area contributed by atoms with E-state index in [1.807, 2.05) is 30.0 Å². The number of nitrogens with zero attached hydrogens (tertiary/aromatic N) is 4. The molecule has 1 amide bonds. The van der Waals surface area contributed by atoms with Gasteiger partial charge >= 0.3 is 0 Å². The molecule has 2 aliphatic heterocycles. The number of pyridine rings is 1. The van der Waals surface area contributed by atoms with E-state index in [0.29, 0.717) is 24.5 Å². The first kappa shape index (κ1) is 19.3. The summed E-state index contributed by atoms with van der Waals surface area (Å²) in [5.41, 5.74) is 4.84. The highest BCUT2D eigenvalue weighted by Gasteiger charge is 2.43. The summed E-state index contributed by atoms with van der Waals surface area (Å²) in [6, 6.07) is 14.1. The highest BCUT2D eigenvalue weighted by atomic mass is 16.5. The second-order valence-electron chi connectivity index (χ2n) is 8.65. The highest BCUT2D eigenvalue weighted by molar-refractivity contribution is 5.95. The molecule has 4 aromatic rings. The minimum atomic E-state index is -0.337. The Morgan fingerprint density at radius 2 is 1.94 bits per heavy atom. The Kier molecular flexibility index (Phi) is 4.40. The lowest BCUT2D eigenvalue weighted by molar-refractivity contribution is -0.0957. The fourth-order valence-electron chi connectivity index (χ4n) is 5.23. The van der Waals surface area contributed by atoms with E-state index in [4.69, 9.17) is 4.74 Å². The molecule has 0 atom stereocenters. The summed E-state index contributed by atoms with van der Waals surface area (Å²) >= 11 is 0. The number of fused-ring (bicyclic) bond motifs is 4. The maximum Gasteiger partial charge on any atom is 0.257 e. The van der Waals surface area contributed by atoms with Crippen molar-refractivity contribution in [2.75, 3.05) is 19.7 Å². The van der Waals surface area contributed by atoms with E-state index in [-0.39, 0.29) is 11.5 Å². The van der Waals surface area contributed by atoms with Crippen LogP contribution >= 0.6 is 0 Å². The Labute approximate surface area is 186 Å². The van der Waals surface area contributed by atoms with E-state index < -0.39 is 0 Å². The van der Waals surface area contributed by atoms with Crippen molar-refractivity contribution in [3.63, 3.8) is 0 Å². The van der Waals surface area contributed by atoms with Crippen molar-refractivity contribution in [1.29, 1.82) is 0 Å². The molecule has 162 valence electrons. The molecule has 1 N–H and O–H groups in total. The summed E-state index contributed by atoms with van der Waals surface area (Å²) in [7, 11) is 0. The van der Waals surface area contributed by atoms with Crippen molar-refractivity contribution in [2.45, 2.75) is 31.8 Å². The molecular formula is C25H25N5O2. The predicted octanol–water partition coefficient (Wildman–Crippen LogP) is 3.76. The van der Waals surface area contributed by atoms with Gasteiger partial charge in [-0.1, -0.05) is 24.3 Å². The topological polar surface area (TPSA) is 76.0 Å². The van der Waals surface area contributed by atoms with Gasteiger partial charge in [-0.25, -0.2) is 9.67 Å². The third-order valence-corrected chi connectivity index (χ3v) is 6.96. The second kappa shape index (κ2) is 7.31. The van der Waals surface area contributed by atoms with Crippen LogP contribution in [-0.4, -0.2) is 50.3 Å². The van der Waals surface area contributed by atoms with Crippen LogP contribution in [0.4, 0.5) is 0 Å². The highest BCUT2D eigenvalue weighted by Crippen LogP contribution is 2.43. The van der Waals surface area contributed by atoms with Gasteiger partial charge in [-0.05, 0) is 49.9 Å². The number of aromatic amines is 1. The van der Waals surface area contributed by atoms with Crippen LogP contribution in [-0.2, 0) is 16.8 Å². The largest absolute Gasteiger partial charge is 0.368 e. The smallest absolute Gasteiger partial charge is 0.257 e. The quantitative estimate of drug-likeness (QED) is 0.529. The third kappa shape index (κ3) is 2.88. The lowest BCUT2D eigenvalue weighted by Gasteiger charge is -2.43. The monoisotopic (exact) mass is 427 g/mol. The van der Waals surface area contributed by atoms with Crippen LogP contribution in [0.25, 0.3) is 16.7 Å². The van der Waals surface area contributed by atoms with Crippen molar-refractivity contribution in [1.82, 2.24) is 24.6 Å². The first-order chi connectivity index (χ1) is 15.7. The molecule has 0 radical (unpaired) electrons. The number of carbonyl (C=O) groups excluding carboxylic acids is 1. The third-order valence-electron chi connectivity index (χ3n) is 6.96. The Balaban J connectivity index is 1.24. The molecule has 7 nitrogen and oxygen atoms in total. The van der Waals surface area contributed by atoms with E-state index in [0.717, 1.165) is 31.6 Å². The van der Waals surface area contributed by atoms with Crippen LogP contribution in [0, 0.1) is 6.92 Å². The van der Waals surface area contributed by atoms with Gasteiger partial charge in [-0.2, -0.15) is 5.10 Å². The summed E-state index contributed by atoms with van der Waals surface area (Å²) in [4.78, 5) is 23.2. The van der Waals surface area contributed by atoms with Crippen LogP contribution in [0.3, 0.4) is 0 Å². The minimum Gasteiger partial charge on any atom is -0.368 e. The van der Waals surface area contributed by atoms with Gasteiger partial charge in [0.15, 0.2) is 5.82 Å². The fraction of sp³-hybridized carbons (Fsp3) is 0.320. The number of carbonyl (C=O) groups is 1. The lowest BCUT2D eigenvalue weighted by atomic mass is 9.83. The molecule has 7 heteroatoms. The predicted molar refractivity (Wildman–Crippen MR) is 121 cm³/mol. The number of rotatable bonds is 2. The van der Waals surface area contributed by atoms with Crippen molar-refractivity contribution in [2.24, 2.45) is 0 Å². The zero-order chi connectivity index (χ0) is 21.7. The molecule has 6 rings (SSSR count). The zero-order valence-electron chi connectivity index (χ0n) is 18.0. The van der Waals surface area contributed by atoms with Gasteiger partial charge in [0.1, 0.15) is 5.60 Å². The number of hydrogen-bond acceptors (Lipinski definition) is 4. The average Bonchev–Trinajstić information content (AvgIpc) is 3.41. The maximum atomic E-state index is 13.3. The van der Waals surface area contributed by atoms with Crippen molar-refractivity contribution >= 4 is 16.8 Å². The second-order valence-corrected chi connectivity index (χ2v) is 8.65. The van der Waals surface area contributed by atoms with Gasteiger partial charge in [0, 0.05) is 30.2 Å². The normalized spacial score (nSPS) is 17.6. The molecule has 0 aliphatic carbocycles. The number of hydrogen-bond donors (Lipinski definition) is 1. The lowest BCUT2D eigenvalue weighted by Crippen LogP contribution is -2.48. The Morgan fingerprint density at radius 3 is 2.75 bits per heavy atom. The molecule has 0 unspecified atom stereocenters. The summed E-state index contributed by atoms with van der Waals surface area (Å²) in [5.74, 6) is 0.732. The van der Waals surface area contributed by atoms with Crippen molar-refractivity contribution in [3.05, 3.63) is 77.4 Å². The summed E-state index contributed by atoms with van der Waals surface area (Å²) in [6.07, 6.45) is 5.88. The molecular weight excluding hydrogens is 402 g/mol. The standard InChI is InChI=1S/C25H25N5O2/c1-17-20(16-27-30(17)22-8-4-5-12-26-22)24(31)29-13-10-25(11-14-29)23-19(9-15-32-25)18-6-2-3-7-21(18)28-23/h2-8,12,16,28H,9-11,13-15H2,1H3. The van der Waals surface area contributed by atoms with Crippen molar-refractivity contribution < 1.29 is 9.53 Å². The Bertz CT molecular complexity index is 1300. The fourth-order valence-corrected chi connectivity index (χ4v) is 5.23. The summed E-state index contributed by atoms with van der Waals surface area (Å²) in [6.45, 7) is 3.95. The number of para-hydroxylation sites is 1. The van der Waals surface area contributed by atoms with Crippen LogP contribution in [0.1, 0.15) is 40.2 Å². The van der Waals surface area contributed by atoms with E-state index in [1.54, 1.807) is 17.1 Å². The molecule has 1 aromatic carbocycles. The summed E-state index contributed by atoms with van der Waals surface area (Å²) < 4.78 is 8.11. The molecule has 3 aromatic heterocycles. The van der Waals surface area contributed by atoms with Crippen LogP contribution in [0.2, 0.25) is 0 Å². The van der Waals surface area contributed by atoms with Gasteiger partial charge in [-0.3, -0.25) is 4.79 Å². The molecule has 5 heterocycles. The first-order valence-electron chi connectivity index (χ1n) is 11.2. The van der Waals surface area contributed by atoms with E-state index in [1.165, 1.54) is 22.2 Å². The SMILES string of the molecule is Cc1c(C(=O)N2CCC3(CC2)OCCc2c3[nH]c3ccccc23)cnn1-c1ccccn1. The number of H-pyrrole nitrogens is 1. The Hall–Kier alpha value is -3.45. The Morgan fingerprint density at radius 1 is 1.12 bits per heavy atom. The van der Waals surface area contributed by atoms with Gasteiger partial charge in [0.25, 0.3) is 5.91 Å². The molecule has 1 spiro atoms. The molecule has 1 fully saturated rings. The number of benzene rings is 1. The number of aromatic nitrogens is 4. The molecule has 0 saturated carbocycles. The van der Waals surface area contributed by atoms with E-state index in [2.05, 4.69) is 39.3 Å². The van der Waals surface area contributed by atoms with Gasteiger partial charge in [0.05, 0.1) is 29.8 Å². The van der Waals surface area contributed by atoms with Gasteiger partial charge < -0.3 is 14.6 Å². The first-order valence-corrected chi connectivity index (χ1v) is 11.2. The van der Waals surface area contributed by atoms with Crippen LogP contribution in [0.15, 0.2) is 54.9 Å². The molecule has 2 aliphatic rings. The number of amides is 1. The molecule has 0 bridgehead atoms. The molecule has 1 saturated heterocycles. The minimum absolute atomic E-state index is 0.0206. The number of ether oxygens (including phenoxy) is 1. The van der Waals surface area contributed by atoms with Gasteiger partial charge in [0.2, 0.25) is 0 Å². The van der Waals surface area contributed by atoms with E-state index in [9.17, 15) is 4.79 Å². The summed E-state index contributed by atoms with van der Waals surface area (Å²) in [5, 5.41) is 5.71. The van der Waals surface area contributed by atoms with Gasteiger partial charge in [-0.15, -0.1) is 0 Å². The molecule has 32 heavy (non-hydrogen) atoms. The number of piperidine rings is 1.